The number of benzene rings is 3. The van der Waals surface area contributed by atoms with Crippen molar-refractivity contribution in [2.45, 2.75) is 19.5 Å². The van der Waals surface area contributed by atoms with Crippen molar-refractivity contribution in [1.29, 1.82) is 0 Å². The summed E-state index contributed by atoms with van der Waals surface area (Å²) in [7, 11) is 3.78. The van der Waals surface area contributed by atoms with E-state index in [2.05, 4.69) is 64.7 Å². The molecule has 0 aliphatic heterocycles. The average Bonchev–Trinajstić information content (AvgIpc) is 3.24. The highest BCUT2D eigenvalue weighted by Crippen LogP contribution is 2.29. The van der Waals surface area contributed by atoms with Crippen LogP contribution in [0.3, 0.4) is 0 Å². The number of aromatic nitrogens is 4. The summed E-state index contributed by atoms with van der Waals surface area (Å²) in [6.45, 7) is 2.79. The van der Waals surface area contributed by atoms with Crippen LogP contribution in [0, 0.1) is 6.92 Å². The van der Waals surface area contributed by atoms with Crippen molar-refractivity contribution in [2.75, 3.05) is 14.2 Å². The number of aryl methyl sites for hydroxylation is 1. The highest BCUT2D eigenvalue weighted by molar-refractivity contribution is 5.85. The Morgan fingerprint density at radius 1 is 0.968 bits per heavy atom. The van der Waals surface area contributed by atoms with Crippen LogP contribution >= 0.6 is 12.4 Å². The first-order chi connectivity index (χ1) is 14.7. The SMILES string of the molecule is COc1cccc(CN(C)C(c2ccccc2)c2nnnn2-c2ccccc2C)c1.Cl. The second-order valence-electron chi connectivity index (χ2n) is 7.32. The number of hydrogen-bond donors (Lipinski definition) is 0. The number of rotatable bonds is 7. The summed E-state index contributed by atoms with van der Waals surface area (Å²) in [4.78, 5) is 2.25. The Balaban J connectivity index is 0.00000272. The van der Waals surface area contributed by atoms with Gasteiger partial charge in [-0.05, 0) is 59.3 Å². The van der Waals surface area contributed by atoms with Crippen molar-refractivity contribution in [3.05, 3.63) is 101 Å². The molecule has 160 valence electrons. The van der Waals surface area contributed by atoms with Crippen LogP contribution in [0.2, 0.25) is 0 Å². The van der Waals surface area contributed by atoms with E-state index < -0.39 is 0 Å². The van der Waals surface area contributed by atoms with E-state index in [1.165, 1.54) is 0 Å². The number of halogens is 1. The summed E-state index contributed by atoms with van der Waals surface area (Å²) in [5, 5.41) is 12.8. The molecule has 0 radical (unpaired) electrons. The molecular formula is C24H26ClN5O. The average molecular weight is 436 g/mol. The standard InChI is InChI=1S/C24H25N5O.ClH/c1-18-10-7-8-15-22(18)29-24(25-26-27-29)23(20-12-5-4-6-13-20)28(2)17-19-11-9-14-21(16-19)30-3;/h4-16,23H,17H2,1-3H3;1H. The maximum atomic E-state index is 5.39. The van der Waals surface area contributed by atoms with E-state index in [4.69, 9.17) is 4.74 Å². The normalized spacial score (nSPS) is 11.7. The van der Waals surface area contributed by atoms with Gasteiger partial charge >= 0.3 is 0 Å². The summed E-state index contributed by atoms with van der Waals surface area (Å²) in [5.74, 6) is 1.63. The van der Waals surface area contributed by atoms with E-state index in [1.54, 1.807) is 7.11 Å². The molecule has 0 N–H and O–H groups in total. The molecule has 1 heterocycles. The van der Waals surface area contributed by atoms with Gasteiger partial charge in [-0.3, -0.25) is 4.90 Å². The lowest BCUT2D eigenvalue weighted by Crippen LogP contribution is -2.28. The Bertz CT molecular complexity index is 1120. The summed E-state index contributed by atoms with van der Waals surface area (Å²) in [5.41, 5.74) is 4.39. The fraction of sp³-hybridized carbons (Fsp3) is 0.208. The van der Waals surface area contributed by atoms with E-state index in [1.807, 2.05) is 53.2 Å². The number of nitrogens with zero attached hydrogens (tertiary/aromatic N) is 5. The first kappa shape index (κ1) is 22.5. The predicted molar refractivity (Wildman–Crippen MR) is 124 cm³/mol. The smallest absolute Gasteiger partial charge is 0.178 e. The maximum Gasteiger partial charge on any atom is 0.178 e. The zero-order chi connectivity index (χ0) is 20.9. The molecule has 0 fully saturated rings. The van der Waals surface area contributed by atoms with Crippen LogP contribution in [0.25, 0.3) is 5.69 Å². The third-order valence-corrected chi connectivity index (χ3v) is 5.20. The van der Waals surface area contributed by atoms with Gasteiger partial charge < -0.3 is 4.74 Å². The Morgan fingerprint density at radius 2 is 1.71 bits per heavy atom. The minimum Gasteiger partial charge on any atom is -0.497 e. The molecule has 0 aliphatic carbocycles. The van der Waals surface area contributed by atoms with Crippen molar-refractivity contribution in [3.8, 4) is 11.4 Å². The molecule has 0 amide bonds. The first-order valence-corrected chi connectivity index (χ1v) is 9.90. The Kier molecular flexibility index (Phi) is 7.39. The van der Waals surface area contributed by atoms with Crippen molar-refractivity contribution in [1.82, 2.24) is 25.1 Å². The minimum absolute atomic E-state index is 0. The van der Waals surface area contributed by atoms with Crippen LogP contribution in [-0.4, -0.2) is 39.3 Å². The van der Waals surface area contributed by atoms with Gasteiger partial charge in [-0.1, -0.05) is 60.7 Å². The van der Waals surface area contributed by atoms with E-state index >= 15 is 0 Å². The number of tetrazole rings is 1. The van der Waals surface area contributed by atoms with E-state index in [-0.39, 0.29) is 18.4 Å². The summed E-state index contributed by atoms with van der Waals surface area (Å²) < 4.78 is 7.23. The van der Waals surface area contributed by atoms with Crippen LogP contribution in [-0.2, 0) is 6.54 Å². The summed E-state index contributed by atoms with van der Waals surface area (Å²) >= 11 is 0. The van der Waals surface area contributed by atoms with E-state index in [0.717, 1.165) is 40.5 Å². The lowest BCUT2D eigenvalue weighted by atomic mass is 10.0. The zero-order valence-corrected chi connectivity index (χ0v) is 18.7. The molecule has 7 heteroatoms. The molecule has 1 aromatic heterocycles. The van der Waals surface area contributed by atoms with Gasteiger partial charge in [-0.15, -0.1) is 17.5 Å². The largest absolute Gasteiger partial charge is 0.497 e. The number of para-hydroxylation sites is 1. The molecule has 3 aromatic carbocycles. The summed E-state index contributed by atoms with van der Waals surface area (Å²) in [6, 6.07) is 26.5. The molecule has 0 saturated heterocycles. The summed E-state index contributed by atoms with van der Waals surface area (Å²) in [6.07, 6.45) is 0. The highest BCUT2D eigenvalue weighted by atomic mass is 35.5. The van der Waals surface area contributed by atoms with Gasteiger partial charge in [-0.25, -0.2) is 0 Å². The van der Waals surface area contributed by atoms with Gasteiger partial charge in [0.1, 0.15) is 5.75 Å². The monoisotopic (exact) mass is 435 g/mol. The first-order valence-electron chi connectivity index (χ1n) is 9.90. The number of hydrogen-bond acceptors (Lipinski definition) is 5. The number of ether oxygens (including phenoxy) is 1. The Labute approximate surface area is 188 Å². The van der Waals surface area contributed by atoms with Crippen LogP contribution in [0.4, 0.5) is 0 Å². The molecule has 0 bridgehead atoms. The Hall–Kier alpha value is -3.22. The molecule has 1 atom stereocenters. The fourth-order valence-electron chi connectivity index (χ4n) is 3.72. The molecule has 6 nitrogen and oxygen atoms in total. The lowest BCUT2D eigenvalue weighted by Gasteiger charge is -2.28. The highest BCUT2D eigenvalue weighted by Gasteiger charge is 2.26. The molecule has 0 spiro atoms. The van der Waals surface area contributed by atoms with Crippen molar-refractivity contribution < 1.29 is 4.74 Å². The van der Waals surface area contributed by atoms with Gasteiger partial charge in [0, 0.05) is 6.54 Å². The van der Waals surface area contributed by atoms with Gasteiger partial charge in [0.2, 0.25) is 0 Å². The minimum atomic E-state index is -0.119. The molecule has 0 aliphatic rings. The number of methoxy groups -OCH3 is 1. The predicted octanol–water partition coefficient (Wildman–Crippen LogP) is 4.62. The van der Waals surface area contributed by atoms with Crippen LogP contribution < -0.4 is 4.74 Å². The van der Waals surface area contributed by atoms with E-state index in [9.17, 15) is 0 Å². The zero-order valence-electron chi connectivity index (χ0n) is 17.8. The molecule has 31 heavy (non-hydrogen) atoms. The fourth-order valence-corrected chi connectivity index (χ4v) is 3.72. The van der Waals surface area contributed by atoms with E-state index in [0.29, 0.717) is 0 Å². The molecule has 4 rings (SSSR count). The molecule has 4 aromatic rings. The molecular weight excluding hydrogens is 410 g/mol. The molecule has 0 saturated carbocycles. The van der Waals surface area contributed by atoms with Crippen LogP contribution in [0.15, 0.2) is 78.9 Å². The van der Waals surface area contributed by atoms with Crippen LogP contribution in [0.5, 0.6) is 5.75 Å². The quantitative estimate of drug-likeness (QED) is 0.424. The van der Waals surface area contributed by atoms with Gasteiger partial charge in [-0.2, -0.15) is 4.68 Å². The topological polar surface area (TPSA) is 56.1 Å². The van der Waals surface area contributed by atoms with Gasteiger partial charge in [0.25, 0.3) is 0 Å². The van der Waals surface area contributed by atoms with Crippen molar-refractivity contribution in [3.63, 3.8) is 0 Å². The Morgan fingerprint density at radius 3 is 2.45 bits per heavy atom. The molecule has 1 unspecified atom stereocenters. The third-order valence-electron chi connectivity index (χ3n) is 5.20. The lowest BCUT2D eigenvalue weighted by molar-refractivity contribution is 0.258. The van der Waals surface area contributed by atoms with Crippen molar-refractivity contribution >= 4 is 12.4 Å². The van der Waals surface area contributed by atoms with Gasteiger partial charge in [0.15, 0.2) is 5.82 Å². The second kappa shape index (κ2) is 10.2. The van der Waals surface area contributed by atoms with Gasteiger partial charge in [0.05, 0.1) is 18.8 Å². The van der Waals surface area contributed by atoms with Crippen molar-refractivity contribution in [2.24, 2.45) is 0 Å². The maximum absolute atomic E-state index is 5.39. The van der Waals surface area contributed by atoms with Crippen LogP contribution in [0.1, 0.15) is 28.6 Å². The third kappa shape index (κ3) is 4.93. The second-order valence-corrected chi connectivity index (χ2v) is 7.32.